The molecule has 28 heavy (non-hydrogen) atoms. The summed E-state index contributed by atoms with van der Waals surface area (Å²) in [6.07, 6.45) is 1.98. The lowest BCUT2D eigenvalue weighted by Crippen LogP contribution is -2.34. The Kier molecular flexibility index (Phi) is 5.89. The highest BCUT2D eigenvalue weighted by Crippen LogP contribution is 2.31. The van der Waals surface area contributed by atoms with Crippen molar-refractivity contribution < 1.29 is 14.1 Å². The molecule has 0 radical (unpaired) electrons. The van der Waals surface area contributed by atoms with Crippen LogP contribution in [0.15, 0.2) is 42.5 Å². The van der Waals surface area contributed by atoms with E-state index in [9.17, 15) is 19.3 Å². The van der Waals surface area contributed by atoms with Crippen molar-refractivity contribution in [1.29, 1.82) is 0 Å². The van der Waals surface area contributed by atoms with Crippen LogP contribution in [0.1, 0.15) is 34.8 Å². The molecule has 1 fully saturated rings. The average Bonchev–Trinajstić information content (AvgIpc) is 3.45. The quantitative estimate of drug-likeness (QED) is 0.537. The van der Waals surface area contributed by atoms with E-state index in [1.807, 2.05) is 19.0 Å². The highest BCUT2D eigenvalue weighted by molar-refractivity contribution is 5.95. The molecule has 0 spiro atoms. The lowest BCUT2D eigenvalue weighted by atomic mass is 10.1. The Morgan fingerprint density at radius 2 is 2.04 bits per heavy atom. The van der Waals surface area contributed by atoms with Crippen LogP contribution in [0.4, 0.5) is 15.8 Å². The first-order valence-corrected chi connectivity index (χ1v) is 9.10. The summed E-state index contributed by atoms with van der Waals surface area (Å²) in [7, 11) is 3.68. The van der Waals surface area contributed by atoms with Gasteiger partial charge < -0.3 is 15.5 Å². The maximum Gasteiger partial charge on any atom is 0.293 e. The molecule has 0 aliphatic heterocycles. The molecule has 1 saturated carbocycles. The summed E-state index contributed by atoms with van der Waals surface area (Å²) in [5.74, 6) is -0.755. The van der Waals surface area contributed by atoms with Crippen LogP contribution in [0.5, 0.6) is 0 Å². The van der Waals surface area contributed by atoms with Gasteiger partial charge in [-0.25, -0.2) is 4.39 Å². The van der Waals surface area contributed by atoms with E-state index >= 15 is 0 Å². The Bertz CT molecular complexity index is 884. The summed E-state index contributed by atoms with van der Waals surface area (Å²) in [5.41, 5.74) is 1.26. The van der Waals surface area contributed by atoms with Crippen LogP contribution >= 0.6 is 0 Å². The number of nitrogens with one attached hydrogen (secondary N) is 2. The van der Waals surface area contributed by atoms with Gasteiger partial charge in [0.1, 0.15) is 11.5 Å². The zero-order valence-corrected chi connectivity index (χ0v) is 15.8. The van der Waals surface area contributed by atoms with Crippen LogP contribution < -0.4 is 10.6 Å². The molecule has 1 amide bonds. The molecule has 0 aromatic heterocycles. The van der Waals surface area contributed by atoms with Crippen molar-refractivity contribution in [3.63, 3.8) is 0 Å². The maximum absolute atomic E-state index is 13.5. The van der Waals surface area contributed by atoms with E-state index in [2.05, 4.69) is 10.6 Å². The van der Waals surface area contributed by atoms with Gasteiger partial charge in [-0.15, -0.1) is 0 Å². The van der Waals surface area contributed by atoms with Crippen LogP contribution in [0.25, 0.3) is 0 Å². The normalized spacial score (nSPS) is 14.6. The second kappa shape index (κ2) is 8.35. The van der Waals surface area contributed by atoms with Crippen LogP contribution in [0, 0.1) is 15.9 Å². The van der Waals surface area contributed by atoms with Crippen LogP contribution in [0.2, 0.25) is 0 Å². The van der Waals surface area contributed by atoms with Gasteiger partial charge in [0.05, 0.1) is 11.0 Å². The van der Waals surface area contributed by atoms with Crippen LogP contribution in [-0.2, 0) is 0 Å². The summed E-state index contributed by atoms with van der Waals surface area (Å²) in [4.78, 5) is 25.3. The smallest absolute Gasteiger partial charge is 0.293 e. The predicted molar refractivity (Wildman–Crippen MR) is 105 cm³/mol. The van der Waals surface area contributed by atoms with E-state index in [1.54, 1.807) is 24.3 Å². The van der Waals surface area contributed by atoms with E-state index in [4.69, 9.17) is 0 Å². The van der Waals surface area contributed by atoms with Crippen molar-refractivity contribution in [1.82, 2.24) is 10.2 Å². The fourth-order valence-electron chi connectivity index (χ4n) is 3.00. The molecule has 2 aromatic rings. The van der Waals surface area contributed by atoms with E-state index in [-0.39, 0.29) is 35.7 Å². The van der Waals surface area contributed by atoms with Crippen molar-refractivity contribution in [2.75, 3.05) is 26.0 Å². The largest absolute Gasteiger partial charge is 0.377 e. The first kappa shape index (κ1) is 19.8. The van der Waals surface area contributed by atoms with Gasteiger partial charge in [-0.05, 0) is 56.8 Å². The number of nitro groups is 1. The average molecular weight is 386 g/mol. The molecule has 8 heteroatoms. The van der Waals surface area contributed by atoms with Gasteiger partial charge in [0.25, 0.3) is 11.6 Å². The molecule has 1 aliphatic rings. The zero-order valence-electron chi connectivity index (χ0n) is 15.8. The van der Waals surface area contributed by atoms with E-state index < -0.39 is 10.8 Å². The number of anilines is 1. The maximum atomic E-state index is 13.5. The van der Waals surface area contributed by atoms with Gasteiger partial charge in [0, 0.05) is 24.2 Å². The SMILES string of the molecule is CN(C)C(CNC(=O)c1ccc(NC2CC2)c([N+](=O)[O-])c1)c1cccc(F)c1. The number of halogens is 1. The number of rotatable bonds is 8. The molecule has 2 N–H and O–H groups in total. The van der Waals surface area contributed by atoms with E-state index in [0.717, 1.165) is 18.4 Å². The van der Waals surface area contributed by atoms with Crippen LogP contribution in [-0.4, -0.2) is 42.4 Å². The number of carbonyl (C=O) groups excluding carboxylic acids is 1. The van der Waals surface area contributed by atoms with Crippen LogP contribution in [0.3, 0.4) is 0 Å². The Labute approximate surface area is 162 Å². The van der Waals surface area contributed by atoms with Gasteiger partial charge in [-0.2, -0.15) is 0 Å². The lowest BCUT2D eigenvalue weighted by molar-refractivity contribution is -0.384. The number of nitro benzene ring substituents is 1. The van der Waals surface area contributed by atoms with Crippen molar-refractivity contribution in [3.8, 4) is 0 Å². The van der Waals surface area contributed by atoms with E-state index in [1.165, 1.54) is 18.2 Å². The zero-order chi connectivity index (χ0) is 20.3. The molecule has 1 aliphatic carbocycles. The highest BCUT2D eigenvalue weighted by atomic mass is 19.1. The number of nitrogens with zero attached hydrogens (tertiary/aromatic N) is 2. The van der Waals surface area contributed by atoms with Crippen molar-refractivity contribution in [2.24, 2.45) is 0 Å². The third kappa shape index (κ3) is 4.83. The van der Waals surface area contributed by atoms with Crippen molar-refractivity contribution >= 4 is 17.3 Å². The Morgan fingerprint density at radius 3 is 2.64 bits per heavy atom. The number of benzene rings is 2. The highest BCUT2D eigenvalue weighted by Gasteiger charge is 2.26. The van der Waals surface area contributed by atoms with Gasteiger partial charge in [0.15, 0.2) is 0 Å². The summed E-state index contributed by atoms with van der Waals surface area (Å²) in [6, 6.07) is 10.7. The fraction of sp³-hybridized carbons (Fsp3) is 0.350. The molecule has 148 valence electrons. The standard InChI is InChI=1S/C20H23FN4O3/c1-24(2)19(13-4-3-5-15(21)10-13)12-22-20(26)14-6-9-17(23-16-7-8-16)18(11-14)25(27)28/h3-6,9-11,16,19,23H,7-8,12H2,1-2H3,(H,22,26). The van der Waals surface area contributed by atoms with Gasteiger partial charge in [-0.3, -0.25) is 14.9 Å². The Morgan fingerprint density at radius 1 is 1.29 bits per heavy atom. The number of carbonyl (C=O) groups is 1. The number of likely N-dealkylation sites (N-methyl/N-ethyl adjacent to an activating group) is 1. The number of amides is 1. The minimum atomic E-state index is -0.489. The summed E-state index contributed by atoms with van der Waals surface area (Å²) in [5, 5.41) is 17.3. The predicted octanol–water partition coefficient (Wildman–Crippen LogP) is 3.34. The molecule has 0 saturated heterocycles. The summed E-state index contributed by atoms with van der Waals surface area (Å²) < 4.78 is 13.5. The second-order valence-corrected chi connectivity index (χ2v) is 7.15. The van der Waals surface area contributed by atoms with Gasteiger partial charge >= 0.3 is 0 Å². The van der Waals surface area contributed by atoms with Crippen molar-refractivity contribution in [2.45, 2.75) is 24.9 Å². The third-order valence-corrected chi connectivity index (χ3v) is 4.71. The molecule has 7 nitrogen and oxygen atoms in total. The fourth-order valence-corrected chi connectivity index (χ4v) is 3.00. The first-order valence-electron chi connectivity index (χ1n) is 9.10. The number of hydrogen-bond donors (Lipinski definition) is 2. The molecule has 1 unspecified atom stereocenters. The summed E-state index contributed by atoms with van der Waals surface area (Å²) in [6.45, 7) is 0.241. The number of hydrogen-bond acceptors (Lipinski definition) is 5. The monoisotopic (exact) mass is 386 g/mol. The molecule has 0 bridgehead atoms. The van der Waals surface area contributed by atoms with E-state index in [0.29, 0.717) is 5.69 Å². The summed E-state index contributed by atoms with van der Waals surface area (Å²) >= 11 is 0. The Balaban J connectivity index is 1.72. The molecule has 2 aromatic carbocycles. The third-order valence-electron chi connectivity index (χ3n) is 4.71. The van der Waals surface area contributed by atoms with Gasteiger partial charge in [-0.1, -0.05) is 12.1 Å². The molecular weight excluding hydrogens is 363 g/mol. The van der Waals surface area contributed by atoms with Gasteiger partial charge in [0.2, 0.25) is 0 Å². The topological polar surface area (TPSA) is 87.5 Å². The second-order valence-electron chi connectivity index (χ2n) is 7.15. The minimum Gasteiger partial charge on any atom is -0.377 e. The molecule has 3 rings (SSSR count). The molecular formula is C20H23FN4O3. The lowest BCUT2D eigenvalue weighted by Gasteiger charge is -2.25. The van der Waals surface area contributed by atoms with Crippen molar-refractivity contribution in [3.05, 3.63) is 69.5 Å². The molecule has 0 heterocycles. The first-order chi connectivity index (χ1) is 13.3. The molecule has 1 atom stereocenters. The Hall–Kier alpha value is -3.00. The minimum absolute atomic E-state index is 0.117.